The average molecular weight is 361 g/mol. The van der Waals surface area contributed by atoms with Crippen LogP contribution in [0, 0.1) is 0 Å². The summed E-state index contributed by atoms with van der Waals surface area (Å²) in [4.78, 5) is 30.7. The van der Waals surface area contributed by atoms with Crippen molar-refractivity contribution in [1.29, 1.82) is 0 Å². The van der Waals surface area contributed by atoms with Gasteiger partial charge in [-0.05, 0) is 35.7 Å². The third kappa shape index (κ3) is 4.67. The van der Waals surface area contributed by atoms with Crippen LogP contribution in [0.1, 0.15) is 18.9 Å². The minimum atomic E-state index is -0.210. The summed E-state index contributed by atoms with van der Waals surface area (Å²) in [5, 5.41) is 10.1. The van der Waals surface area contributed by atoms with Crippen molar-refractivity contribution < 1.29 is 9.59 Å². The molecule has 25 heavy (non-hydrogen) atoms. The Morgan fingerprint density at radius 2 is 2.32 bits per heavy atom. The molecule has 1 saturated heterocycles. The molecule has 3 rings (SSSR count). The highest BCUT2D eigenvalue weighted by atomic mass is 32.1. The van der Waals surface area contributed by atoms with Crippen LogP contribution < -0.4 is 10.6 Å². The monoisotopic (exact) mass is 361 g/mol. The Kier molecular flexibility index (Phi) is 5.83. The lowest BCUT2D eigenvalue weighted by atomic mass is 10.1. The molecule has 2 N–H and O–H groups in total. The average Bonchev–Trinajstić information content (AvgIpc) is 3.30. The number of nitrogens with one attached hydrogen (secondary N) is 2. The van der Waals surface area contributed by atoms with Gasteiger partial charge in [0.1, 0.15) is 6.54 Å². The van der Waals surface area contributed by atoms with Crippen molar-refractivity contribution >= 4 is 23.2 Å². The van der Waals surface area contributed by atoms with Crippen LogP contribution in [0.4, 0.5) is 0 Å². The summed E-state index contributed by atoms with van der Waals surface area (Å²) in [6.07, 6.45) is 5.66. The van der Waals surface area contributed by atoms with E-state index in [4.69, 9.17) is 0 Å². The van der Waals surface area contributed by atoms with E-state index in [1.807, 2.05) is 12.3 Å². The van der Waals surface area contributed by atoms with E-state index in [2.05, 4.69) is 32.0 Å². The lowest BCUT2D eigenvalue weighted by molar-refractivity contribution is -0.125. The topological polar surface area (TPSA) is 79.3 Å². The van der Waals surface area contributed by atoms with Crippen molar-refractivity contribution in [1.82, 2.24) is 25.1 Å². The minimum Gasteiger partial charge on any atom is -0.355 e. The van der Waals surface area contributed by atoms with Crippen LogP contribution in [0.2, 0.25) is 0 Å². The SMILES string of the molecule is CCNC(=O)[C@@H]1C[C@H](NC(=O)Cn2ccnc2)CN1Cc1ccsc1. The van der Waals surface area contributed by atoms with Crippen molar-refractivity contribution in [3.8, 4) is 0 Å². The Hall–Kier alpha value is -2.19. The van der Waals surface area contributed by atoms with Crippen LogP contribution >= 0.6 is 11.3 Å². The fourth-order valence-corrected chi connectivity index (χ4v) is 3.84. The molecule has 0 saturated carbocycles. The Bertz CT molecular complexity index is 686. The zero-order chi connectivity index (χ0) is 17.6. The first-order valence-corrected chi connectivity index (χ1v) is 9.38. The van der Waals surface area contributed by atoms with Gasteiger partial charge in [0.25, 0.3) is 0 Å². The van der Waals surface area contributed by atoms with Gasteiger partial charge < -0.3 is 15.2 Å². The van der Waals surface area contributed by atoms with Crippen molar-refractivity contribution in [2.24, 2.45) is 0 Å². The standard InChI is InChI=1S/C17H23N5O2S/c1-2-19-17(24)15-7-14(9-22(15)8-13-3-6-25-11-13)20-16(23)10-21-5-4-18-12-21/h3-6,11-12,14-15H,2,7-10H2,1H3,(H,19,24)(H,20,23)/t14-,15-/m0/s1. The molecule has 1 aliphatic rings. The van der Waals surface area contributed by atoms with Crippen LogP contribution in [-0.2, 0) is 22.7 Å². The normalized spacial score (nSPS) is 20.5. The molecule has 2 atom stereocenters. The largest absolute Gasteiger partial charge is 0.355 e. The number of hydrogen-bond donors (Lipinski definition) is 2. The number of carbonyl (C=O) groups is 2. The summed E-state index contributed by atoms with van der Waals surface area (Å²) in [7, 11) is 0. The molecule has 1 aliphatic heterocycles. The first-order valence-electron chi connectivity index (χ1n) is 8.43. The van der Waals surface area contributed by atoms with E-state index in [1.54, 1.807) is 34.6 Å². The lowest BCUT2D eigenvalue weighted by Crippen LogP contribution is -2.42. The van der Waals surface area contributed by atoms with Crippen molar-refractivity contribution in [2.45, 2.75) is 38.5 Å². The number of amides is 2. The number of likely N-dealkylation sites (tertiary alicyclic amines) is 1. The highest BCUT2D eigenvalue weighted by Gasteiger charge is 2.37. The Balaban J connectivity index is 1.61. The molecule has 2 amide bonds. The first kappa shape index (κ1) is 17.6. The zero-order valence-electron chi connectivity index (χ0n) is 14.2. The van der Waals surface area contributed by atoms with E-state index in [-0.39, 0.29) is 30.4 Å². The summed E-state index contributed by atoms with van der Waals surface area (Å²) < 4.78 is 1.73. The van der Waals surface area contributed by atoms with Crippen molar-refractivity contribution in [2.75, 3.05) is 13.1 Å². The smallest absolute Gasteiger partial charge is 0.240 e. The zero-order valence-corrected chi connectivity index (χ0v) is 15.0. The maximum atomic E-state index is 12.4. The number of nitrogens with zero attached hydrogens (tertiary/aromatic N) is 3. The van der Waals surface area contributed by atoms with Crippen molar-refractivity contribution in [3.05, 3.63) is 41.1 Å². The maximum absolute atomic E-state index is 12.4. The summed E-state index contributed by atoms with van der Waals surface area (Å²) >= 11 is 1.65. The molecule has 1 fully saturated rings. The number of hydrogen-bond acceptors (Lipinski definition) is 5. The van der Waals surface area contributed by atoms with E-state index in [1.165, 1.54) is 5.56 Å². The first-order chi connectivity index (χ1) is 12.2. The molecule has 134 valence electrons. The van der Waals surface area contributed by atoms with Gasteiger partial charge >= 0.3 is 0 Å². The molecule has 8 heteroatoms. The molecule has 0 radical (unpaired) electrons. The van der Waals surface area contributed by atoms with Crippen LogP contribution in [0.15, 0.2) is 35.5 Å². The van der Waals surface area contributed by atoms with E-state index in [0.717, 1.165) is 6.54 Å². The molecule has 3 heterocycles. The molecular formula is C17H23N5O2S. The maximum Gasteiger partial charge on any atom is 0.240 e. The number of carbonyl (C=O) groups excluding carboxylic acids is 2. The summed E-state index contributed by atoms with van der Waals surface area (Å²) in [5.74, 6) is -0.0286. The number of thiophene rings is 1. The number of likely N-dealkylation sites (N-methyl/N-ethyl adjacent to an activating group) is 1. The van der Waals surface area contributed by atoms with E-state index < -0.39 is 0 Å². The highest BCUT2D eigenvalue weighted by Crippen LogP contribution is 2.22. The van der Waals surface area contributed by atoms with Crippen molar-refractivity contribution in [3.63, 3.8) is 0 Å². The molecule has 0 aromatic carbocycles. The molecule has 7 nitrogen and oxygen atoms in total. The second-order valence-corrected chi connectivity index (χ2v) is 6.99. The number of imidazole rings is 1. The van der Waals surface area contributed by atoms with Crippen LogP contribution in [0.25, 0.3) is 0 Å². The quantitative estimate of drug-likeness (QED) is 0.766. The van der Waals surface area contributed by atoms with Crippen LogP contribution in [0.5, 0.6) is 0 Å². The molecular weight excluding hydrogens is 338 g/mol. The van der Waals surface area contributed by atoms with E-state index in [0.29, 0.717) is 19.5 Å². The van der Waals surface area contributed by atoms with E-state index >= 15 is 0 Å². The molecule has 2 aromatic heterocycles. The predicted molar refractivity (Wildman–Crippen MR) is 96.0 cm³/mol. The van der Waals surface area contributed by atoms with Crippen LogP contribution in [0.3, 0.4) is 0 Å². The summed E-state index contributed by atoms with van der Waals surface area (Å²) in [6, 6.07) is 1.84. The Morgan fingerprint density at radius 1 is 1.44 bits per heavy atom. The van der Waals surface area contributed by atoms with Gasteiger partial charge in [-0.25, -0.2) is 4.98 Å². The predicted octanol–water partition coefficient (Wildman–Crippen LogP) is 0.840. The highest BCUT2D eigenvalue weighted by molar-refractivity contribution is 7.07. The Labute approximate surface area is 151 Å². The molecule has 0 spiro atoms. The van der Waals surface area contributed by atoms with Gasteiger partial charge in [-0.2, -0.15) is 11.3 Å². The van der Waals surface area contributed by atoms with Gasteiger partial charge in [-0.3, -0.25) is 14.5 Å². The lowest BCUT2D eigenvalue weighted by Gasteiger charge is -2.22. The van der Waals surface area contributed by atoms with Gasteiger partial charge in [0.05, 0.1) is 12.4 Å². The van der Waals surface area contributed by atoms with Gasteiger partial charge in [0.2, 0.25) is 11.8 Å². The fraction of sp³-hybridized carbons (Fsp3) is 0.471. The second-order valence-electron chi connectivity index (χ2n) is 6.21. The second kappa shape index (κ2) is 8.26. The summed E-state index contributed by atoms with van der Waals surface area (Å²) in [5.41, 5.74) is 1.20. The number of rotatable bonds is 7. The number of aromatic nitrogens is 2. The third-order valence-electron chi connectivity index (χ3n) is 4.27. The van der Waals surface area contributed by atoms with Gasteiger partial charge in [0.15, 0.2) is 0 Å². The fourth-order valence-electron chi connectivity index (χ4n) is 3.18. The van der Waals surface area contributed by atoms with Crippen LogP contribution in [-0.4, -0.2) is 51.4 Å². The molecule has 2 aromatic rings. The van der Waals surface area contributed by atoms with E-state index in [9.17, 15) is 9.59 Å². The molecule has 0 bridgehead atoms. The van der Waals surface area contributed by atoms with Gasteiger partial charge in [0, 0.05) is 38.1 Å². The summed E-state index contributed by atoms with van der Waals surface area (Å²) in [6.45, 7) is 4.17. The van der Waals surface area contributed by atoms with Gasteiger partial charge in [-0.15, -0.1) is 0 Å². The minimum absolute atomic E-state index is 0.0257. The van der Waals surface area contributed by atoms with Gasteiger partial charge in [-0.1, -0.05) is 0 Å². The third-order valence-corrected chi connectivity index (χ3v) is 5.01. The molecule has 0 unspecified atom stereocenters. The Morgan fingerprint density at radius 3 is 3.00 bits per heavy atom. The molecule has 0 aliphatic carbocycles.